The smallest absolute Gasteiger partial charge is 0.140 e. The molecule has 2 nitrogen and oxygen atoms in total. The number of hydrogen-bond donors (Lipinski definition) is 0. The first-order valence-corrected chi connectivity index (χ1v) is 3.55. The topological polar surface area (TPSA) is 15.6 Å². The van der Waals surface area contributed by atoms with Crippen molar-refractivity contribution in [1.29, 1.82) is 0 Å². The second kappa shape index (κ2) is 2.60. The second-order valence-corrected chi connectivity index (χ2v) is 2.34. The van der Waals surface area contributed by atoms with Gasteiger partial charge in [0.1, 0.15) is 5.84 Å². The Labute approximate surface area is 65.5 Å². The van der Waals surface area contributed by atoms with Crippen LogP contribution in [0.2, 0.25) is 0 Å². The molecule has 0 fully saturated rings. The summed E-state index contributed by atoms with van der Waals surface area (Å²) in [7, 11) is 0. The van der Waals surface area contributed by atoms with E-state index >= 15 is 0 Å². The Hall–Kier alpha value is -1.53. The summed E-state index contributed by atoms with van der Waals surface area (Å²) in [5, 5.41) is 0. The van der Waals surface area contributed by atoms with E-state index in [2.05, 4.69) is 15.6 Å². The van der Waals surface area contributed by atoms with Crippen molar-refractivity contribution in [3.8, 4) is 0 Å². The number of aliphatic imine (C=N–C) groups is 1. The normalized spacial score (nSPS) is 19.6. The Kier molecular flexibility index (Phi) is 1.47. The van der Waals surface area contributed by atoms with Crippen molar-refractivity contribution in [2.75, 3.05) is 6.54 Å². The zero-order chi connectivity index (χ0) is 7.52. The highest BCUT2D eigenvalue weighted by molar-refractivity contribution is 5.94. The summed E-state index contributed by atoms with van der Waals surface area (Å²) in [4.78, 5) is 6.25. The minimum Gasteiger partial charge on any atom is -0.329 e. The molecule has 0 aromatic carbocycles. The van der Waals surface area contributed by atoms with Gasteiger partial charge in [0.2, 0.25) is 0 Å². The number of hydrogen-bond acceptors (Lipinski definition) is 2. The summed E-state index contributed by atoms with van der Waals surface area (Å²) in [5.41, 5.74) is 3.00. The van der Waals surface area contributed by atoms with E-state index in [0.29, 0.717) is 0 Å². The van der Waals surface area contributed by atoms with Gasteiger partial charge in [-0.25, -0.2) is 4.99 Å². The molecule has 2 heteroatoms. The summed E-state index contributed by atoms with van der Waals surface area (Å²) in [6.45, 7) is 0.904. The van der Waals surface area contributed by atoms with Crippen molar-refractivity contribution in [2.45, 2.75) is 0 Å². The number of rotatable bonds is 0. The predicted octanol–water partition coefficient (Wildman–Crippen LogP) is 1.45. The van der Waals surface area contributed by atoms with E-state index in [-0.39, 0.29) is 0 Å². The maximum atomic E-state index is 4.18. The monoisotopic (exact) mass is 144 g/mol. The van der Waals surface area contributed by atoms with Crippen LogP contribution in [0.25, 0.3) is 0 Å². The van der Waals surface area contributed by atoms with Gasteiger partial charge in [-0.2, -0.15) is 0 Å². The summed E-state index contributed by atoms with van der Waals surface area (Å²) in [6.07, 6.45) is 11.6. The van der Waals surface area contributed by atoms with Crippen LogP contribution in [-0.4, -0.2) is 17.3 Å². The van der Waals surface area contributed by atoms with Crippen molar-refractivity contribution >= 4 is 5.84 Å². The molecule has 11 heavy (non-hydrogen) atoms. The van der Waals surface area contributed by atoms with E-state index in [1.165, 1.54) is 0 Å². The molecule has 2 rings (SSSR count). The molecule has 0 unspecified atom stereocenters. The van der Waals surface area contributed by atoms with Crippen molar-refractivity contribution < 1.29 is 0 Å². The van der Waals surface area contributed by atoms with Gasteiger partial charge < -0.3 is 4.90 Å². The lowest BCUT2D eigenvalue weighted by molar-refractivity contribution is 0.618. The molecule has 0 N–H and O–H groups in total. The van der Waals surface area contributed by atoms with Gasteiger partial charge in [-0.15, -0.1) is 5.73 Å². The quantitative estimate of drug-likeness (QED) is 0.470. The second-order valence-electron chi connectivity index (χ2n) is 2.34. The molecular formula is C9H8N2. The molecule has 0 saturated carbocycles. The van der Waals surface area contributed by atoms with Crippen LogP contribution in [0.4, 0.5) is 0 Å². The maximum Gasteiger partial charge on any atom is 0.140 e. The molecule has 0 radical (unpaired) electrons. The van der Waals surface area contributed by atoms with Crippen LogP contribution in [0.15, 0.2) is 47.4 Å². The minimum atomic E-state index is 0.904. The van der Waals surface area contributed by atoms with E-state index in [0.717, 1.165) is 12.4 Å². The largest absolute Gasteiger partial charge is 0.329 e. The molecule has 2 aliphatic heterocycles. The zero-order valence-corrected chi connectivity index (χ0v) is 6.07. The lowest BCUT2D eigenvalue weighted by Gasteiger charge is -2.18. The Bertz CT molecular complexity index is 302. The molecule has 0 aromatic rings. The zero-order valence-electron chi connectivity index (χ0n) is 6.07. The van der Waals surface area contributed by atoms with Crippen LogP contribution < -0.4 is 0 Å². The summed E-state index contributed by atoms with van der Waals surface area (Å²) >= 11 is 0. The fraction of sp³-hybridized carbons (Fsp3) is 0.111. The fourth-order valence-electron chi connectivity index (χ4n) is 1.04. The lowest BCUT2D eigenvalue weighted by atomic mass is 10.4. The van der Waals surface area contributed by atoms with Gasteiger partial charge in [0, 0.05) is 25.0 Å². The Balaban J connectivity index is 2.41. The lowest BCUT2D eigenvalue weighted by Crippen LogP contribution is -2.25. The highest BCUT2D eigenvalue weighted by Crippen LogP contribution is 2.04. The molecule has 2 aliphatic rings. The highest BCUT2D eigenvalue weighted by Gasteiger charge is 2.05. The van der Waals surface area contributed by atoms with Crippen molar-refractivity contribution in [3.63, 3.8) is 0 Å². The van der Waals surface area contributed by atoms with E-state index in [9.17, 15) is 0 Å². The van der Waals surface area contributed by atoms with Gasteiger partial charge in [0.05, 0.1) is 0 Å². The van der Waals surface area contributed by atoms with Crippen LogP contribution in [0.5, 0.6) is 0 Å². The SMILES string of the molecule is C1=CC=CN2CC=CN=C2C=1. The van der Waals surface area contributed by atoms with Crippen molar-refractivity contribution in [1.82, 2.24) is 4.90 Å². The molecule has 54 valence electrons. The Morgan fingerprint density at radius 1 is 1.55 bits per heavy atom. The van der Waals surface area contributed by atoms with E-state index in [1.807, 2.05) is 36.7 Å². The summed E-state index contributed by atoms with van der Waals surface area (Å²) in [6, 6.07) is 0. The molecule has 0 aliphatic carbocycles. The van der Waals surface area contributed by atoms with Crippen LogP contribution in [0.1, 0.15) is 0 Å². The Morgan fingerprint density at radius 2 is 2.55 bits per heavy atom. The molecule has 0 saturated heterocycles. The van der Waals surface area contributed by atoms with Crippen molar-refractivity contribution in [2.24, 2.45) is 4.99 Å². The van der Waals surface area contributed by atoms with E-state index < -0.39 is 0 Å². The molecule has 0 atom stereocenters. The first-order chi connectivity index (χ1) is 5.47. The highest BCUT2D eigenvalue weighted by atomic mass is 15.2. The van der Waals surface area contributed by atoms with E-state index in [4.69, 9.17) is 0 Å². The van der Waals surface area contributed by atoms with Gasteiger partial charge in [-0.3, -0.25) is 0 Å². The summed E-state index contributed by atoms with van der Waals surface area (Å²) in [5.74, 6) is 0.956. The number of nitrogens with zero attached hydrogens (tertiary/aromatic N) is 2. The number of fused-ring (bicyclic) bond motifs is 1. The maximum absolute atomic E-state index is 4.18. The first kappa shape index (κ1) is 6.20. The molecule has 0 aromatic heterocycles. The molecule has 0 spiro atoms. The van der Waals surface area contributed by atoms with Gasteiger partial charge in [-0.1, -0.05) is 0 Å². The first-order valence-electron chi connectivity index (χ1n) is 3.55. The number of allylic oxidation sites excluding steroid dienone is 1. The van der Waals surface area contributed by atoms with Crippen LogP contribution in [0, 0.1) is 0 Å². The average molecular weight is 144 g/mol. The van der Waals surface area contributed by atoms with Gasteiger partial charge in [0.15, 0.2) is 0 Å². The Morgan fingerprint density at radius 3 is 3.55 bits per heavy atom. The van der Waals surface area contributed by atoms with Crippen LogP contribution >= 0.6 is 0 Å². The fourth-order valence-corrected chi connectivity index (χ4v) is 1.04. The predicted molar refractivity (Wildman–Crippen MR) is 45.1 cm³/mol. The summed E-state index contributed by atoms with van der Waals surface area (Å²) < 4.78 is 0. The van der Waals surface area contributed by atoms with E-state index in [1.54, 1.807) is 0 Å². The van der Waals surface area contributed by atoms with Gasteiger partial charge in [0.25, 0.3) is 0 Å². The third-order valence-electron chi connectivity index (χ3n) is 1.58. The van der Waals surface area contributed by atoms with Crippen LogP contribution in [0.3, 0.4) is 0 Å². The molecule has 0 amide bonds. The molecule has 2 heterocycles. The standard InChI is InChI=1S/C9H8N2/c1-2-5-9-10-6-4-8-11(9)7-3-1/h1,3-7H,8H2. The van der Waals surface area contributed by atoms with Crippen LogP contribution in [-0.2, 0) is 0 Å². The molecule has 0 bridgehead atoms. The third-order valence-corrected chi connectivity index (χ3v) is 1.58. The molecular weight excluding hydrogens is 136 g/mol. The average Bonchev–Trinajstić information content (AvgIpc) is 2.28. The third kappa shape index (κ3) is 1.16. The van der Waals surface area contributed by atoms with Crippen molar-refractivity contribution in [3.05, 3.63) is 42.4 Å². The van der Waals surface area contributed by atoms with Gasteiger partial charge >= 0.3 is 0 Å². The van der Waals surface area contributed by atoms with Gasteiger partial charge in [-0.05, 0) is 18.2 Å². The minimum absolute atomic E-state index is 0.904. The number of amidine groups is 1.